The molecule has 1 fully saturated rings. The molecule has 2 aromatic rings. The van der Waals surface area contributed by atoms with Gasteiger partial charge in [0.05, 0.1) is 5.54 Å². The summed E-state index contributed by atoms with van der Waals surface area (Å²) >= 11 is 0. The van der Waals surface area contributed by atoms with Gasteiger partial charge in [-0.25, -0.2) is 0 Å². The molecule has 1 amide bonds. The first-order valence-corrected chi connectivity index (χ1v) is 8.98. The van der Waals surface area contributed by atoms with E-state index in [2.05, 4.69) is 34.5 Å². The molecule has 2 aliphatic rings. The second-order valence-electron chi connectivity index (χ2n) is 7.30. The molecule has 0 aliphatic carbocycles. The number of aliphatic hydroxyl groups excluding tert-OH is 1. The van der Waals surface area contributed by atoms with Crippen molar-refractivity contribution in [1.82, 2.24) is 10.2 Å². The van der Waals surface area contributed by atoms with Crippen molar-refractivity contribution in [3.63, 3.8) is 0 Å². The van der Waals surface area contributed by atoms with E-state index in [1.807, 2.05) is 30.3 Å². The van der Waals surface area contributed by atoms with Gasteiger partial charge in [-0.3, -0.25) is 9.69 Å². The zero-order chi connectivity index (χ0) is 17.3. The van der Waals surface area contributed by atoms with E-state index in [1.165, 1.54) is 5.56 Å². The highest BCUT2D eigenvalue weighted by Gasteiger charge is 2.48. The summed E-state index contributed by atoms with van der Waals surface area (Å²) in [5.74, 6) is 0.0579. The molecule has 0 aromatic heterocycles. The van der Waals surface area contributed by atoms with Crippen LogP contribution in [0.2, 0.25) is 0 Å². The van der Waals surface area contributed by atoms with E-state index in [4.69, 9.17) is 0 Å². The number of amides is 1. The van der Waals surface area contributed by atoms with Crippen LogP contribution in [0.1, 0.15) is 27.9 Å². The number of aliphatic hydroxyl groups is 1. The lowest BCUT2D eigenvalue weighted by Gasteiger charge is -2.34. The number of nitrogens with zero attached hydrogens (tertiary/aromatic N) is 1. The van der Waals surface area contributed by atoms with Crippen molar-refractivity contribution in [1.29, 1.82) is 0 Å². The lowest BCUT2D eigenvalue weighted by Crippen LogP contribution is -2.54. The van der Waals surface area contributed by atoms with Crippen molar-refractivity contribution in [2.45, 2.75) is 24.9 Å². The zero-order valence-electron chi connectivity index (χ0n) is 14.3. The molecule has 0 radical (unpaired) electrons. The molecular formula is C21H24N2O2. The summed E-state index contributed by atoms with van der Waals surface area (Å²) in [5, 5.41) is 13.3. The minimum Gasteiger partial charge on any atom is -0.396 e. The van der Waals surface area contributed by atoms with E-state index in [0.29, 0.717) is 0 Å². The van der Waals surface area contributed by atoms with Gasteiger partial charge in [-0.05, 0) is 30.0 Å². The second kappa shape index (κ2) is 6.62. The van der Waals surface area contributed by atoms with E-state index in [0.717, 1.165) is 43.6 Å². The monoisotopic (exact) mass is 336 g/mol. The van der Waals surface area contributed by atoms with E-state index in [-0.39, 0.29) is 24.0 Å². The lowest BCUT2D eigenvalue weighted by atomic mass is 9.83. The Hall–Kier alpha value is -2.17. The molecule has 2 atom stereocenters. The Labute approximate surface area is 148 Å². The molecule has 0 saturated carbocycles. The number of fused-ring (bicyclic) bond motifs is 1. The molecule has 4 heteroatoms. The Balaban J connectivity index is 1.57. The van der Waals surface area contributed by atoms with Gasteiger partial charge in [0.15, 0.2) is 0 Å². The van der Waals surface area contributed by atoms with Gasteiger partial charge in [0.2, 0.25) is 0 Å². The molecule has 2 N–H and O–H groups in total. The number of likely N-dealkylation sites (tertiary alicyclic amines) is 1. The lowest BCUT2D eigenvalue weighted by molar-refractivity contribution is 0.0846. The predicted octanol–water partition coefficient (Wildman–Crippen LogP) is 2.23. The molecular weight excluding hydrogens is 312 g/mol. The topological polar surface area (TPSA) is 52.6 Å². The van der Waals surface area contributed by atoms with Crippen molar-refractivity contribution in [2.24, 2.45) is 5.92 Å². The zero-order valence-corrected chi connectivity index (χ0v) is 14.3. The van der Waals surface area contributed by atoms with E-state index >= 15 is 0 Å². The molecule has 0 unspecified atom stereocenters. The maximum absolute atomic E-state index is 12.8. The van der Waals surface area contributed by atoms with Crippen LogP contribution in [0.5, 0.6) is 0 Å². The third-order valence-corrected chi connectivity index (χ3v) is 5.70. The first-order chi connectivity index (χ1) is 12.2. The van der Waals surface area contributed by atoms with Crippen molar-refractivity contribution >= 4 is 5.91 Å². The summed E-state index contributed by atoms with van der Waals surface area (Å²) in [7, 11) is 0. The Bertz CT molecular complexity index is 762. The predicted molar refractivity (Wildman–Crippen MR) is 97.3 cm³/mol. The normalized spacial score (nSPS) is 26.3. The Kier molecular flexibility index (Phi) is 4.32. The Morgan fingerprint density at radius 2 is 1.88 bits per heavy atom. The third kappa shape index (κ3) is 3.08. The van der Waals surface area contributed by atoms with Crippen LogP contribution < -0.4 is 5.32 Å². The fraction of sp³-hybridized carbons (Fsp3) is 0.381. The SMILES string of the molecule is O=C1N[C@]2(CCc3ccccc31)CN(Cc1ccccc1)C[C@H]2CO. The number of hydrogen-bond donors (Lipinski definition) is 2. The van der Waals surface area contributed by atoms with Crippen molar-refractivity contribution in [3.8, 4) is 0 Å². The molecule has 2 aromatic carbocycles. The highest BCUT2D eigenvalue weighted by Crippen LogP contribution is 2.35. The number of hydrogen-bond acceptors (Lipinski definition) is 3. The number of carbonyl (C=O) groups excluding carboxylic acids is 1. The van der Waals surface area contributed by atoms with Crippen LogP contribution in [0.3, 0.4) is 0 Å². The smallest absolute Gasteiger partial charge is 0.252 e. The van der Waals surface area contributed by atoms with Crippen LogP contribution in [-0.2, 0) is 13.0 Å². The number of carbonyl (C=O) groups is 1. The highest BCUT2D eigenvalue weighted by atomic mass is 16.3. The number of rotatable bonds is 3. The minimum atomic E-state index is -0.348. The maximum Gasteiger partial charge on any atom is 0.252 e. The van der Waals surface area contributed by atoms with Crippen LogP contribution in [0, 0.1) is 5.92 Å². The van der Waals surface area contributed by atoms with Gasteiger partial charge in [0, 0.05) is 37.7 Å². The standard InChI is InChI=1S/C21H24N2O2/c24-14-18-13-23(12-16-6-2-1-3-7-16)15-21(18)11-10-17-8-4-5-9-19(17)20(25)22-21/h1-9,18,24H,10-15H2,(H,22,25)/t18-,21+/m0/s1. The Morgan fingerprint density at radius 1 is 1.12 bits per heavy atom. The van der Waals surface area contributed by atoms with Crippen molar-refractivity contribution < 1.29 is 9.90 Å². The summed E-state index contributed by atoms with van der Waals surface area (Å²) < 4.78 is 0. The Morgan fingerprint density at radius 3 is 2.68 bits per heavy atom. The highest BCUT2D eigenvalue weighted by molar-refractivity contribution is 5.96. The molecule has 0 bridgehead atoms. The molecule has 130 valence electrons. The minimum absolute atomic E-state index is 0.00638. The summed E-state index contributed by atoms with van der Waals surface area (Å²) in [4.78, 5) is 15.1. The molecule has 4 nitrogen and oxygen atoms in total. The van der Waals surface area contributed by atoms with Crippen LogP contribution in [-0.4, -0.2) is 41.1 Å². The van der Waals surface area contributed by atoms with E-state index in [9.17, 15) is 9.90 Å². The van der Waals surface area contributed by atoms with E-state index in [1.54, 1.807) is 0 Å². The van der Waals surface area contributed by atoms with Crippen LogP contribution >= 0.6 is 0 Å². The average molecular weight is 336 g/mol. The van der Waals surface area contributed by atoms with Crippen LogP contribution in [0.15, 0.2) is 54.6 Å². The van der Waals surface area contributed by atoms with Gasteiger partial charge in [0.1, 0.15) is 0 Å². The van der Waals surface area contributed by atoms with E-state index < -0.39 is 0 Å². The largest absolute Gasteiger partial charge is 0.396 e. The molecule has 1 spiro atoms. The molecule has 2 aliphatic heterocycles. The van der Waals surface area contributed by atoms with Crippen LogP contribution in [0.4, 0.5) is 0 Å². The summed E-state index contributed by atoms with van der Waals surface area (Å²) in [5.41, 5.74) is 2.80. The van der Waals surface area contributed by atoms with Gasteiger partial charge < -0.3 is 10.4 Å². The van der Waals surface area contributed by atoms with Gasteiger partial charge in [-0.15, -0.1) is 0 Å². The first-order valence-electron chi connectivity index (χ1n) is 8.98. The second-order valence-corrected chi connectivity index (χ2v) is 7.30. The van der Waals surface area contributed by atoms with Crippen LogP contribution in [0.25, 0.3) is 0 Å². The maximum atomic E-state index is 12.8. The van der Waals surface area contributed by atoms with Crippen molar-refractivity contribution in [3.05, 3.63) is 71.3 Å². The molecule has 4 rings (SSSR count). The third-order valence-electron chi connectivity index (χ3n) is 5.70. The molecule has 1 saturated heterocycles. The molecule has 25 heavy (non-hydrogen) atoms. The fourth-order valence-electron chi connectivity index (χ4n) is 4.37. The number of benzene rings is 2. The van der Waals surface area contributed by atoms with Gasteiger partial charge >= 0.3 is 0 Å². The van der Waals surface area contributed by atoms with Crippen molar-refractivity contribution in [2.75, 3.05) is 19.7 Å². The quantitative estimate of drug-likeness (QED) is 0.904. The summed E-state index contributed by atoms with van der Waals surface area (Å²) in [6, 6.07) is 18.2. The van der Waals surface area contributed by atoms with Gasteiger partial charge in [-0.1, -0.05) is 48.5 Å². The average Bonchev–Trinajstić information content (AvgIpc) is 2.90. The summed E-state index contributed by atoms with van der Waals surface area (Å²) in [6.07, 6.45) is 1.73. The van der Waals surface area contributed by atoms with Gasteiger partial charge in [0.25, 0.3) is 5.91 Å². The molecule has 2 heterocycles. The summed E-state index contributed by atoms with van der Waals surface area (Å²) in [6.45, 7) is 2.54. The number of aryl methyl sites for hydroxylation is 1. The first kappa shape index (κ1) is 16.3. The fourth-order valence-corrected chi connectivity index (χ4v) is 4.37. The van der Waals surface area contributed by atoms with Gasteiger partial charge in [-0.2, -0.15) is 0 Å². The number of nitrogens with one attached hydrogen (secondary N) is 1.